The molecular weight excluding hydrogens is 662 g/mol. The van der Waals surface area contributed by atoms with E-state index in [2.05, 4.69) is 16.0 Å². The largest absolute Gasteiger partial charge is 0.459 e. The molecule has 3 rings (SSSR count). The van der Waals surface area contributed by atoms with Crippen molar-refractivity contribution in [3.8, 4) is 0 Å². The number of carbonyl (C=O) groups excluding carboxylic acids is 5. The zero-order valence-corrected chi connectivity index (χ0v) is 31.6. The van der Waals surface area contributed by atoms with Gasteiger partial charge in [0.1, 0.15) is 30.8 Å². The first-order valence-electron chi connectivity index (χ1n) is 18.5. The molecule has 12 nitrogen and oxygen atoms in total. The van der Waals surface area contributed by atoms with Crippen LogP contribution in [0.2, 0.25) is 0 Å². The minimum atomic E-state index is -1.20. The first-order valence-corrected chi connectivity index (χ1v) is 18.5. The average Bonchev–Trinajstić information content (AvgIpc) is 3.59. The molecule has 0 aromatic heterocycles. The predicted molar refractivity (Wildman–Crippen MR) is 199 cm³/mol. The zero-order valence-electron chi connectivity index (χ0n) is 31.6. The Labute approximate surface area is 308 Å². The molecule has 1 heterocycles. The van der Waals surface area contributed by atoms with Gasteiger partial charge in [-0.2, -0.15) is 0 Å². The van der Waals surface area contributed by atoms with Crippen LogP contribution in [0.4, 0.5) is 0 Å². The van der Waals surface area contributed by atoms with Gasteiger partial charge in [0, 0.05) is 6.54 Å². The topological polar surface area (TPSA) is 169 Å². The lowest BCUT2D eigenvalue weighted by Crippen LogP contribution is -2.59. The van der Waals surface area contributed by atoms with E-state index in [1.165, 1.54) is 4.90 Å². The molecule has 0 saturated carbocycles. The Bertz CT molecular complexity index is 1440. The molecule has 2 aromatic rings. The van der Waals surface area contributed by atoms with Gasteiger partial charge in [0.2, 0.25) is 23.6 Å². The molecule has 4 amide bonds. The first-order chi connectivity index (χ1) is 24.7. The molecule has 0 spiro atoms. The first kappa shape index (κ1) is 42.1. The SMILES string of the molecule is CC(C)C[C@H](NC(=O)[C@@H]1CCCN1C(=O)[C@@H](N)CC(C)C)C(=O)N[C@@H](COCc1ccccc1)C(=O)N[C@@H](CC(C)C)C(=O)OCc1ccccc1. The third kappa shape index (κ3) is 14.0. The van der Waals surface area contributed by atoms with Crippen LogP contribution in [0.15, 0.2) is 60.7 Å². The highest BCUT2D eigenvalue weighted by atomic mass is 16.5. The number of amides is 4. The van der Waals surface area contributed by atoms with Crippen molar-refractivity contribution < 1.29 is 33.4 Å². The van der Waals surface area contributed by atoms with Crippen LogP contribution in [0, 0.1) is 17.8 Å². The molecule has 52 heavy (non-hydrogen) atoms. The monoisotopic (exact) mass is 721 g/mol. The summed E-state index contributed by atoms with van der Waals surface area (Å²) in [6.45, 7) is 12.1. The number of carbonyl (C=O) groups is 5. The molecule has 286 valence electrons. The predicted octanol–water partition coefficient (Wildman–Crippen LogP) is 3.86. The number of nitrogens with two attached hydrogens (primary N) is 1. The van der Waals surface area contributed by atoms with E-state index in [0.717, 1.165) is 11.1 Å². The van der Waals surface area contributed by atoms with E-state index < -0.39 is 53.9 Å². The van der Waals surface area contributed by atoms with Crippen LogP contribution in [0.5, 0.6) is 0 Å². The number of hydrogen-bond donors (Lipinski definition) is 4. The second kappa shape index (κ2) is 21.3. The Morgan fingerprint density at radius 3 is 1.81 bits per heavy atom. The molecule has 12 heteroatoms. The van der Waals surface area contributed by atoms with E-state index in [9.17, 15) is 24.0 Å². The highest BCUT2D eigenvalue weighted by molar-refractivity contribution is 5.95. The maximum atomic E-state index is 13.9. The van der Waals surface area contributed by atoms with E-state index in [1.54, 1.807) is 0 Å². The summed E-state index contributed by atoms with van der Waals surface area (Å²) in [4.78, 5) is 69.4. The van der Waals surface area contributed by atoms with Crippen LogP contribution >= 0.6 is 0 Å². The molecule has 5 N–H and O–H groups in total. The summed E-state index contributed by atoms with van der Waals surface area (Å²) in [5.41, 5.74) is 7.88. The fraction of sp³-hybridized carbons (Fsp3) is 0.575. The lowest BCUT2D eigenvalue weighted by molar-refractivity contribution is -0.150. The summed E-state index contributed by atoms with van der Waals surface area (Å²) in [6.07, 6.45) is 2.20. The molecule has 0 bridgehead atoms. The molecule has 5 atom stereocenters. The molecule has 0 unspecified atom stereocenters. The summed E-state index contributed by atoms with van der Waals surface area (Å²) < 4.78 is 11.5. The number of hydrogen-bond acceptors (Lipinski definition) is 8. The second-order valence-electron chi connectivity index (χ2n) is 15.0. The Kier molecular flexibility index (Phi) is 17.2. The van der Waals surface area contributed by atoms with Crippen molar-refractivity contribution in [1.29, 1.82) is 0 Å². The van der Waals surface area contributed by atoms with Crippen LogP contribution in [0.1, 0.15) is 84.8 Å². The molecule has 1 aliphatic rings. The van der Waals surface area contributed by atoms with E-state index in [-0.39, 0.29) is 49.9 Å². The Morgan fingerprint density at radius 1 is 0.712 bits per heavy atom. The third-order valence-electron chi connectivity index (χ3n) is 8.78. The Balaban J connectivity index is 1.77. The van der Waals surface area contributed by atoms with Gasteiger partial charge in [-0.25, -0.2) is 4.79 Å². The Hall–Kier alpha value is -4.29. The van der Waals surface area contributed by atoms with Gasteiger partial charge in [-0.3, -0.25) is 19.2 Å². The fourth-order valence-electron chi connectivity index (χ4n) is 6.21. The van der Waals surface area contributed by atoms with E-state index >= 15 is 0 Å². The van der Waals surface area contributed by atoms with E-state index in [1.807, 2.05) is 102 Å². The van der Waals surface area contributed by atoms with Gasteiger partial charge >= 0.3 is 5.97 Å². The molecule has 0 radical (unpaired) electrons. The van der Waals surface area contributed by atoms with Gasteiger partial charge in [-0.1, -0.05) is 102 Å². The summed E-state index contributed by atoms with van der Waals surface area (Å²) >= 11 is 0. The van der Waals surface area contributed by atoms with Gasteiger partial charge in [0.15, 0.2) is 0 Å². The molecule has 1 aliphatic heterocycles. The second-order valence-corrected chi connectivity index (χ2v) is 15.0. The van der Waals surface area contributed by atoms with Crippen LogP contribution in [0.3, 0.4) is 0 Å². The molecule has 2 aromatic carbocycles. The van der Waals surface area contributed by atoms with Crippen LogP contribution in [0.25, 0.3) is 0 Å². The van der Waals surface area contributed by atoms with Crippen molar-refractivity contribution in [2.24, 2.45) is 23.5 Å². The van der Waals surface area contributed by atoms with Crippen molar-refractivity contribution in [2.45, 2.75) is 117 Å². The summed E-state index contributed by atoms with van der Waals surface area (Å²) in [7, 11) is 0. The fourth-order valence-corrected chi connectivity index (χ4v) is 6.21. The minimum Gasteiger partial charge on any atom is -0.459 e. The molecule has 1 fully saturated rings. The standard InChI is InChI=1S/C40H59N5O7/c1-26(2)20-31(41)39(49)45-19-13-18-35(45)38(48)42-32(21-27(3)4)36(46)44-34(25-51-23-29-14-9-7-10-15-29)37(47)43-33(22-28(5)6)40(50)52-24-30-16-11-8-12-17-30/h7-12,14-17,26-28,31-35H,13,18-25,41H2,1-6H3,(H,42,48)(H,43,47)(H,44,46)/t31-,32-,33-,34-,35-/m0/s1. The lowest BCUT2D eigenvalue weighted by Gasteiger charge is -2.30. The molecular formula is C40H59N5O7. The number of rotatable bonds is 20. The normalized spacial score (nSPS) is 16.7. The number of benzene rings is 2. The third-order valence-corrected chi connectivity index (χ3v) is 8.78. The van der Waals surface area contributed by atoms with Crippen molar-refractivity contribution in [3.63, 3.8) is 0 Å². The van der Waals surface area contributed by atoms with Crippen LogP contribution in [-0.4, -0.2) is 77.9 Å². The van der Waals surface area contributed by atoms with Gasteiger partial charge in [0.05, 0.1) is 19.3 Å². The maximum absolute atomic E-state index is 13.9. The van der Waals surface area contributed by atoms with Gasteiger partial charge in [-0.15, -0.1) is 0 Å². The van der Waals surface area contributed by atoms with Crippen LogP contribution < -0.4 is 21.7 Å². The van der Waals surface area contributed by atoms with E-state index in [4.69, 9.17) is 15.2 Å². The number of likely N-dealkylation sites (tertiary alicyclic amines) is 1. The highest BCUT2D eigenvalue weighted by Crippen LogP contribution is 2.21. The Morgan fingerprint density at radius 2 is 1.23 bits per heavy atom. The van der Waals surface area contributed by atoms with Crippen molar-refractivity contribution in [1.82, 2.24) is 20.9 Å². The van der Waals surface area contributed by atoms with Crippen molar-refractivity contribution >= 4 is 29.6 Å². The van der Waals surface area contributed by atoms with Crippen molar-refractivity contribution in [2.75, 3.05) is 13.2 Å². The smallest absolute Gasteiger partial charge is 0.328 e. The number of esters is 1. The summed E-state index contributed by atoms with van der Waals surface area (Å²) in [6, 6.07) is 14.0. The lowest BCUT2D eigenvalue weighted by atomic mass is 10.0. The van der Waals surface area contributed by atoms with Crippen LogP contribution in [-0.2, 0) is 46.7 Å². The summed E-state index contributed by atoms with van der Waals surface area (Å²) in [5.74, 6) is -2.23. The highest BCUT2D eigenvalue weighted by Gasteiger charge is 2.38. The maximum Gasteiger partial charge on any atom is 0.328 e. The van der Waals surface area contributed by atoms with Gasteiger partial charge in [0.25, 0.3) is 0 Å². The average molecular weight is 722 g/mol. The van der Waals surface area contributed by atoms with Gasteiger partial charge < -0.3 is 36.1 Å². The summed E-state index contributed by atoms with van der Waals surface area (Å²) in [5, 5.41) is 8.45. The minimum absolute atomic E-state index is 0.00763. The molecule has 0 aliphatic carbocycles. The van der Waals surface area contributed by atoms with Crippen molar-refractivity contribution in [3.05, 3.63) is 71.8 Å². The number of nitrogens with zero attached hydrogens (tertiary/aromatic N) is 1. The zero-order chi connectivity index (χ0) is 38.2. The number of nitrogens with one attached hydrogen (secondary N) is 3. The quantitative estimate of drug-likeness (QED) is 0.150. The number of ether oxygens (including phenoxy) is 2. The van der Waals surface area contributed by atoms with Gasteiger partial charge in [-0.05, 0) is 61.0 Å². The van der Waals surface area contributed by atoms with E-state index in [0.29, 0.717) is 32.2 Å². The molecule has 1 saturated heterocycles.